The van der Waals surface area contributed by atoms with E-state index in [-0.39, 0.29) is 0 Å². The molecule has 0 nitrogen and oxygen atoms in total. The van der Waals surface area contributed by atoms with Gasteiger partial charge in [0, 0.05) is 0 Å². The monoisotopic (exact) mass is 131 g/mol. The van der Waals surface area contributed by atoms with Crippen molar-refractivity contribution in [2.24, 2.45) is 0 Å². The largest absolute Gasteiger partial charge is 0.0842 e. The van der Waals surface area contributed by atoms with E-state index in [2.05, 4.69) is 24.3 Å². The first kappa shape index (κ1) is 7.07. The summed E-state index contributed by atoms with van der Waals surface area (Å²) in [5.74, 6) is 0. The molecule has 1 radical (unpaired) electrons. The summed E-state index contributed by atoms with van der Waals surface area (Å²) < 4.78 is 0. The molecule has 10 heavy (non-hydrogen) atoms. The van der Waals surface area contributed by atoms with Gasteiger partial charge in [-0.3, -0.25) is 0 Å². The van der Waals surface area contributed by atoms with Crippen LogP contribution in [0.1, 0.15) is 12.8 Å². The highest BCUT2D eigenvalue weighted by Crippen LogP contribution is 1.95. The second kappa shape index (κ2) is 4.80. The molecule has 0 heterocycles. The predicted octanol–water partition coefficient (Wildman–Crippen LogP) is 2.81. The molecule has 0 saturated heterocycles. The van der Waals surface area contributed by atoms with Crippen molar-refractivity contribution in [2.45, 2.75) is 12.8 Å². The van der Waals surface area contributed by atoms with Crippen molar-refractivity contribution in [2.75, 3.05) is 0 Å². The lowest BCUT2D eigenvalue weighted by Crippen LogP contribution is -1.65. The van der Waals surface area contributed by atoms with Crippen molar-refractivity contribution in [3.05, 3.63) is 48.6 Å². The van der Waals surface area contributed by atoms with Crippen molar-refractivity contribution in [1.82, 2.24) is 0 Å². The summed E-state index contributed by atoms with van der Waals surface area (Å²) in [5, 5.41) is 0. The maximum Gasteiger partial charge on any atom is -0.0184 e. The fourth-order valence-corrected chi connectivity index (χ4v) is 0.754. The van der Waals surface area contributed by atoms with E-state index >= 15 is 0 Å². The lowest BCUT2D eigenvalue weighted by atomic mass is 10.2. The van der Waals surface area contributed by atoms with Crippen LogP contribution in [0.4, 0.5) is 0 Å². The minimum absolute atomic E-state index is 1.13. The third kappa shape index (κ3) is 3.08. The van der Waals surface area contributed by atoms with Crippen LogP contribution in [0.2, 0.25) is 0 Å². The average molecular weight is 131 g/mol. The smallest absolute Gasteiger partial charge is 0.0184 e. The molecule has 0 aromatic rings. The molecule has 0 aliphatic heterocycles. The van der Waals surface area contributed by atoms with Crippen LogP contribution in [0.15, 0.2) is 42.5 Å². The summed E-state index contributed by atoms with van der Waals surface area (Å²) in [4.78, 5) is 0. The first-order chi connectivity index (χ1) is 5.00. The molecule has 0 aromatic heterocycles. The summed E-state index contributed by atoms with van der Waals surface area (Å²) in [7, 11) is 0. The Hall–Kier alpha value is -1.04. The van der Waals surface area contributed by atoms with Gasteiger partial charge >= 0.3 is 0 Å². The molecule has 0 heteroatoms. The third-order valence-electron chi connectivity index (χ3n) is 1.27. The van der Waals surface area contributed by atoms with Crippen molar-refractivity contribution in [1.29, 1.82) is 0 Å². The molecule has 1 aliphatic carbocycles. The van der Waals surface area contributed by atoms with E-state index in [1.54, 1.807) is 0 Å². The molecule has 1 aliphatic rings. The van der Waals surface area contributed by atoms with E-state index in [4.69, 9.17) is 0 Å². The first-order valence-corrected chi connectivity index (χ1v) is 3.56. The molecule has 0 aromatic carbocycles. The van der Waals surface area contributed by atoms with Gasteiger partial charge in [0.05, 0.1) is 0 Å². The van der Waals surface area contributed by atoms with E-state index in [0.717, 1.165) is 12.8 Å². The van der Waals surface area contributed by atoms with E-state index in [1.807, 2.05) is 24.3 Å². The Morgan fingerprint density at radius 3 is 2.60 bits per heavy atom. The van der Waals surface area contributed by atoms with Crippen molar-refractivity contribution < 1.29 is 0 Å². The Morgan fingerprint density at radius 1 is 0.900 bits per heavy atom. The van der Waals surface area contributed by atoms with Gasteiger partial charge in [0.15, 0.2) is 0 Å². The van der Waals surface area contributed by atoms with Crippen LogP contribution in [-0.2, 0) is 0 Å². The van der Waals surface area contributed by atoms with Gasteiger partial charge in [-0.05, 0) is 18.9 Å². The van der Waals surface area contributed by atoms with E-state index in [9.17, 15) is 0 Å². The maximum absolute atomic E-state index is 3.01. The number of rotatable bonds is 0. The van der Waals surface area contributed by atoms with Gasteiger partial charge in [-0.25, -0.2) is 0 Å². The lowest BCUT2D eigenvalue weighted by Gasteiger charge is -1.85. The topological polar surface area (TPSA) is 0 Å². The normalized spacial score (nSPS) is 30.4. The summed E-state index contributed by atoms with van der Waals surface area (Å²) in [6.45, 7) is 0. The second-order valence-electron chi connectivity index (χ2n) is 2.13. The quantitative estimate of drug-likeness (QED) is 0.474. The predicted molar refractivity (Wildman–Crippen MR) is 44.5 cm³/mol. The Morgan fingerprint density at radius 2 is 1.70 bits per heavy atom. The summed E-state index contributed by atoms with van der Waals surface area (Å²) in [6.07, 6.45) is 19.5. The molecule has 0 amide bonds. The van der Waals surface area contributed by atoms with Crippen LogP contribution >= 0.6 is 0 Å². The standard InChI is InChI=1S/C10H11/c1-2-4-6-8-10-9-7-5-3-1/h1-4,8-10H,5,7H2/b3-1-,4-2-,8-6?,10-9+. The number of hydrogen-bond donors (Lipinski definition) is 0. The van der Waals surface area contributed by atoms with Crippen LogP contribution < -0.4 is 0 Å². The fraction of sp³-hybridized carbons (Fsp3) is 0.200. The molecule has 0 saturated carbocycles. The van der Waals surface area contributed by atoms with Gasteiger partial charge in [-0.15, -0.1) is 0 Å². The Labute approximate surface area is 62.3 Å². The molecule has 0 N–H and O–H groups in total. The zero-order valence-corrected chi connectivity index (χ0v) is 5.96. The van der Waals surface area contributed by atoms with Gasteiger partial charge in [0.1, 0.15) is 0 Å². The third-order valence-corrected chi connectivity index (χ3v) is 1.27. The first-order valence-electron chi connectivity index (χ1n) is 3.56. The van der Waals surface area contributed by atoms with Gasteiger partial charge in [-0.2, -0.15) is 0 Å². The summed E-state index contributed by atoms with van der Waals surface area (Å²) in [6, 6.07) is 0. The second-order valence-corrected chi connectivity index (χ2v) is 2.13. The minimum Gasteiger partial charge on any atom is -0.0842 e. The van der Waals surface area contributed by atoms with Crippen LogP contribution in [-0.4, -0.2) is 0 Å². The number of hydrogen-bond acceptors (Lipinski definition) is 0. The molecule has 0 unspecified atom stereocenters. The highest BCUT2D eigenvalue weighted by molar-refractivity contribution is 5.12. The molecular weight excluding hydrogens is 120 g/mol. The fourth-order valence-electron chi connectivity index (χ4n) is 0.754. The lowest BCUT2D eigenvalue weighted by molar-refractivity contribution is 1.05. The zero-order valence-electron chi connectivity index (χ0n) is 5.96. The Balaban J connectivity index is 2.53. The maximum atomic E-state index is 3.01. The number of allylic oxidation sites excluding steroid dienone is 8. The van der Waals surface area contributed by atoms with E-state index in [0.29, 0.717) is 0 Å². The highest BCUT2D eigenvalue weighted by Gasteiger charge is 1.75. The molecule has 0 fully saturated rings. The summed E-state index contributed by atoms with van der Waals surface area (Å²) >= 11 is 0. The zero-order chi connectivity index (χ0) is 7.07. The van der Waals surface area contributed by atoms with Gasteiger partial charge in [0.25, 0.3) is 0 Å². The van der Waals surface area contributed by atoms with E-state index in [1.165, 1.54) is 0 Å². The molecule has 51 valence electrons. The van der Waals surface area contributed by atoms with Gasteiger partial charge in [-0.1, -0.05) is 42.5 Å². The SMILES string of the molecule is [C]1=C\C=C\CC/C=C\C=C/1. The van der Waals surface area contributed by atoms with Crippen molar-refractivity contribution in [3.8, 4) is 0 Å². The molecule has 0 bridgehead atoms. The molecule has 0 spiro atoms. The molecule has 1 rings (SSSR count). The van der Waals surface area contributed by atoms with Crippen LogP contribution in [0.5, 0.6) is 0 Å². The Kier molecular flexibility index (Phi) is 3.40. The van der Waals surface area contributed by atoms with Crippen LogP contribution in [0.25, 0.3) is 0 Å². The van der Waals surface area contributed by atoms with Gasteiger partial charge in [0.2, 0.25) is 0 Å². The minimum atomic E-state index is 1.13. The van der Waals surface area contributed by atoms with Crippen LogP contribution in [0, 0.1) is 6.08 Å². The molecular formula is C10H11. The van der Waals surface area contributed by atoms with Crippen LogP contribution in [0.3, 0.4) is 0 Å². The van der Waals surface area contributed by atoms with E-state index < -0.39 is 0 Å². The van der Waals surface area contributed by atoms with Gasteiger partial charge < -0.3 is 0 Å². The van der Waals surface area contributed by atoms with Crippen molar-refractivity contribution >= 4 is 0 Å². The molecule has 0 atom stereocenters. The average Bonchev–Trinajstić information content (AvgIpc) is 2.01. The highest BCUT2D eigenvalue weighted by atomic mass is 13.8. The summed E-state index contributed by atoms with van der Waals surface area (Å²) in [5.41, 5.74) is 0. The Bertz CT molecular complexity index is 158. The van der Waals surface area contributed by atoms with Crippen molar-refractivity contribution in [3.63, 3.8) is 0 Å².